The Bertz CT molecular complexity index is 917. The van der Waals surface area contributed by atoms with Gasteiger partial charge in [-0.05, 0) is 43.5 Å². The molecule has 3 amide bonds. The van der Waals surface area contributed by atoms with Crippen LogP contribution in [0, 0.1) is 5.92 Å². The van der Waals surface area contributed by atoms with Gasteiger partial charge in [0.25, 0.3) is 5.91 Å². The SMILES string of the molecule is CC(C)[C@@H](C)NC(=O)c1ccc2c(n1)N(C(=O)Nc1ccccn1)C1CCN2C1. The third kappa shape index (κ3) is 3.74. The number of nitrogens with one attached hydrogen (secondary N) is 2. The third-order valence-electron chi connectivity index (χ3n) is 5.66. The Morgan fingerprint density at radius 3 is 2.72 bits per heavy atom. The molecule has 152 valence electrons. The van der Waals surface area contributed by atoms with Crippen molar-refractivity contribution in [1.82, 2.24) is 15.3 Å². The highest BCUT2D eigenvalue weighted by molar-refractivity contribution is 6.05. The molecule has 1 unspecified atom stereocenters. The molecule has 2 atom stereocenters. The van der Waals surface area contributed by atoms with Gasteiger partial charge in [0.05, 0.1) is 11.7 Å². The van der Waals surface area contributed by atoms with Crippen molar-refractivity contribution < 1.29 is 9.59 Å². The Morgan fingerprint density at radius 1 is 1.17 bits per heavy atom. The zero-order chi connectivity index (χ0) is 20.5. The predicted molar refractivity (Wildman–Crippen MR) is 112 cm³/mol. The van der Waals surface area contributed by atoms with Crippen LogP contribution in [0.1, 0.15) is 37.7 Å². The number of pyridine rings is 2. The summed E-state index contributed by atoms with van der Waals surface area (Å²) in [6.07, 6.45) is 2.49. The number of aromatic nitrogens is 2. The Hall–Kier alpha value is -3.16. The van der Waals surface area contributed by atoms with E-state index >= 15 is 0 Å². The summed E-state index contributed by atoms with van der Waals surface area (Å²) in [5.74, 6) is 1.10. The molecule has 4 rings (SSSR count). The van der Waals surface area contributed by atoms with Gasteiger partial charge in [-0.1, -0.05) is 19.9 Å². The van der Waals surface area contributed by atoms with Crippen molar-refractivity contribution in [3.05, 3.63) is 42.2 Å². The zero-order valence-electron chi connectivity index (χ0n) is 16.9. The van der Waals surface area contributed by atoms with Gasteiger partial charge in [-0.15, -0.1) is 0 Å². The van der Waals surface area contributed by atoms with Gasteiger partial charge in [0.1, 0.15) is 11.5 Å². The molecule has 0 spiro atoms. The second-order valence-corrected chi connectivity index (χ2v) is 7.95. The number of nitrogens with zero attached hydrogens (tertiary/aromatic N) is 4. The summed E-state index contributed by atoms with van der Waals surface area (Å²) < 4.78 is 0. The fourth-order valence-electron chi connectivity index (χ4n) is 3.65. The number of urea groups is 1. The maximum atomic E-state index is 13.1. The standard InChI is InChI=1S/C21H26N6O2/c1-13(2)14(3)23-20(28)16-7-8-17-19(24-16)27(15-9-11-26(17)12-15)21(29)25-18-6-4-5-10-22-18/h4-8,10,13-15H,9,11-12H2,1-3H3,(H,23,28)(H,22,25,29)/t14-,15?/m1/s1. The lowest BCUT2D eigenvalue weighted by atomic mass is 10.1. The Kier molecular flexibility index (Phi) is 5.08. The minimum atomic E-state index is -0.280. The zero-order valence-corrected chi connectivity index (χ0v) is 16.9. The van der Waals surface area contributed by atoms with Gasteiger partial charge >= 0.3 is 6.03 Å². The van der Waals surface area contributed by atoms with E-state index in [1.54, 1.807) is 29.3 Å². The van der Waals surface area contributed by atoms with Crippen LogP contribution in [-0.2, 0) is 0 Å². The summed E-state index contributed by atoms with van der Waals surface area (Å²) in [5.41, 5.74) is 1.19. The molecule has 8 heteroatoms. The van der Waals surface area contributed by atoms with Crippen LogP contribution in [0.5, 0.6) is 0 Å². The maximum absolute atomic E-state index is 13.1. The van der Waals surface area contributed by atoms with Gasteiger partial charge < -0.3 is 10.2 Å². The first kappa shape index (κ1) is 19.2. The number of anilines is 3. The van der Waals surface area contributed by atoms with Crippen LogP contribution in [0.4, 0.5) is 22.1 Å². The van der Waals surface area contributed by atoms with Gasteiger partial charge in [0.2, 0.25) is 0 Å². The topological polar surface area (TPSA) is 90.5 Å². The van der Waals surface area contributed by atoms with Crippen molar-refractivity contribution >= 4 is 29.3 Å². The fourth-order valence-corrected chi connectivity index (χ4v) is 3.65. The van der Waals surface area contributed by atoms with Gasteiger partial charge in [0.15, 0.2) is 5.82 Å². The van der Waals surface area contributed by atoms with E-state index in [-0.39, 0.29) is 24.0 Å². The van der Waals surface area contributed by atoms with E-state index in [0.29, 0.717) is 23.2 Å². The van der Waals surface area contributed by atoms with E-state index in [4.69, 9.17) is 0 Å². The van der Waals surface area contributed by atoms with Crippen LogP contribution >= 0.6 is 0 Å². The van der Waals surface area contributed by atoms with Crippen molar-refractivity contribution in [3.63, 3.8) is 0 Å². The first-order chi connectivity index (χ1) is 13.9. The van der Waals surface area contributed by atoms with Gasteiger partial charge in [0, 0.05) is 25.3 Å². The van der Waals surface area contributed by atoms with Crippen molar-refractivity contribution in [1.29, 1.82) is 0 Å². The maximum Gasteiger partial charge on any atom is 0.329 e. The highest BCUT2D eigenvalue weighted by Crippen LogP contribution is 2.39. The molecule has 0 aromatic carbocycles. The number of carbonyl (C=O) groups is 2. The van der Waals surface area contributed by atoms with E-state index in [1.807, 2.05) is 19.1 Å². The molecule has 0 aliphatic carbocycles. The number of carbonyl (C=O) groups excluding carboxylic acids is 2. The molecule has 2 N–H and O–H groups in total. The van der Waals surface area contributed by atoms with Crippen molar-refractivity contribution in [2.45, 2.75) is 39.3 Å². The molecule has 1 saturated heterocycles. The van der Waals surface area contributed by atoms with Crippen LogP contribution in [0.25, 0.3) is 0 Å². The smallest absolute Gasteiger partial charge is 0.329 e. The molecule has 8 nitrogen and oxygen atoms in total. The van der Waals surface area contributed by atoms with Crippen molar-refractivity contribution in [2.75, 3.05) is 28.2 Å². The van der Waals surface area contributed by atoms with Gasteiger partial charge in [-0.25, -0.2) is 14.8 Å². The summed E-state index contributed by atoms with van der Waals surface area (Å²) in [5, 5.41) is 5.83. The molecule has 4 heterocycles. The first-order valence-corrected chi connectivity index (χ1v) is 10.0. The number of hydrogen-bond donors (Lipinski definition) is 2. The summed E-state index contributed by atoms with van der Waals surface area (Å²) >= 11 is 0. The Balaban J connectivity index is 1.63. The molecule has 29 heavy (non-hydrogen) atoms. The van der Waals surface area contributed by atoms with Crippen molar-refractivity contribution in [3.8, 4) is 0 Å². The average Bonchev–Trinajstić information content (AvgIpc) is 3.12. The van der Waals surface area contributed by atoms with Crippen LogP contribution < -0.4 is 20.4 Å². The second kappa shape index (κ2) is 7.69. The molecule has 2 aliphatic heterocycles. The van der Waals surface area contributed by atoms with Crippen LogP contribution in [0.15, 0.2) is 36.5 Å². The van der Waals surface area contributed by atoms with Gasteiger partial charge in [-0.2, -0.15) is 0 Å². The molecular weight excluding hydrogens is 368 g/mol. The summed E-state index contributed by atoms with van der Waals surface area (Å²) in [6, 6.07) is 8.75. The van der Waals surface area contributed by atoms with Crippen LogP contribution in [0.2, 0.25) is 0 Å². The lowest BCUT2D eigenvalue weighted by molar-refractivity contribution is 0.0925. The van der Waals surface area contributed by atoms with Crippen LogP contribution in [-0.4, -0.2) is 47.1 Å². The average molecular weight is 394 g/mol. The number of hydrogen-bond acceptors (Lipinski definition) is 5. The molecule has 2 aromatic heterocycles. The molecule has 2 aliphatic rings. The number of fused-ring (bicyclic) bond motifs is 4. The van der Waals surface area contributed by atoms with Crippen molar-refractivity contribution in [2.24, 2.45) is 5.92 Å². The highest BCUT2D eigenvalue weighted by atomic mass is 16.2. The fraction of sp³-hybridized carbons (Fsp3) is 0.429. The van der Waals surface area contributed by atoms with Crippen LogP contribution in [0.3, 0.4) is 0 Å². The normalized spacial score (nSPS) is 18.4. The second-order valence-electron chi connectivity index (χ2n) is 7.95. The van der Waals surface area contributed by atoms with E-state index in [2.05, 4.69) is 39.3 Å². The molecule has 1 fully saturated rings. The van der Waals surface area contributed by atoms with E-state index < -0.39 is 0 Å². The Labute approximate surface area is 170 Å². The first-order valence-electron chi connectivity index (χ1n) is 10.0. The third-order valence-corrected chi connectivity index (χ3v) is 5.66. The molecule has 0 radical (unpaired) electrons. The predicted octanol–water partition coefficient (Wildman–Crippen LogP) is 2.88. The molecular formula is C21H26N6O2. The minimum Gasteiger partial charge on any atom is -0.366 e. The lowest BCUT2D eigenvalue weighted by Gasteiger charge is -2.35. The largest absolute Gasteiger partial charge is 0.366 e. The highest BCUT2D eigenvalue weighted by Gasteiger charge is 2.40. The minimum absolute atomic E-state index is 0.0200. The van der Waals surface area contributed by atoms with Gasteiger partial charge in [-0.3, -0.25) is 15.0 Å². The van der Waals surface area contributed by atoms with E-state index in [0.717, 1.165) is 25.2 Å². The molecule has 0 saturated carbocycles. The quantitative estimate of drug-likeness (QED) is 0.832. The lowest BCUT2D eigenvalue weighted by Crippen LogP contribution is -2.48. The molecule has 2 aromatic rings. The summed E-state index contributed by atoms with van der Waals surface area (Å²) in [4.78, 5) is 38.4. The molecule has 2 bridgehead atoms. The number of rotatable bonds is 4. The summed E-state index contributed by atoms with van der Waals surface area (Å²) in [7, 11) is 0. The van der Waals surface area contributed by atoms with E-state index in [9.17, 15) is 9.59 Å². The summed E-state index contributed by atoms with van der Waals surface area (Å²) in [6.45, 7) is 7.71. The van der Waals surface area contributed by atoms with E-state index in [1.165, 1.54) is 0 Å². The monoisotopic (exact) mass is 394 g/mol. The Morgan fingerprint density at radius 2 is 2.00 bits per heavy atom. The number of amides is 3.